The molecule has 1 saturated carbocycles. The topological polar surface area (TPSA) is 3.24 Å². The minimum atomic E-state index is 0.680. The molecule has 3 rings (SSSR count). The van der Waals surface area contributed by atoms with Crippen molar-refractivity contribution in [2.45, 2.75) is 38.5 Å². The average Bonchev–Trinajstić information content (AvgIpc) is 2.54. The third-order valence-electron chi connectivity index (χ3n) is 4.41. The molecule has 0 unspecified atom stereocenters. The van der Waals surface area contributed by atoms with Gasteiger partial charge >= 0.3 is 0 Å². The van der Waals surface area contributed by atoms with Gasteiger partial charge in [0.05, 0.1) is 0 Å². The first-order valence-electron chi connectivity index (χ1n) is 6.78. The Balaban J connectivity index is 1.65. The lowest BCUT2D eigenvalue weighted by Crippen LogP contribution is -2.56. The molecule has 0 atom stereocenters. The fourth-order valence-electron chi connectivity index (χ4n) is 3.39. The third kappa shape index (κ3) is 2.47. The standard InChI is InChI=1S/C15H20IN/c16-13-5-7-14(8-6-13)17-11-15(12-17)9-3-1-2-4-10-15/h5-8H,1-4,9-12H2. The second-order valence-electron chi connectivity index (χ2n) is 5.75. The lowest BCUT2D eigenvalue weighted by Gasteiger charge is -2.51. The van der Waals surface area contributed by atoms with Crippen LogP contribution in [0.4, 0.5) is 5.69 Å². The second-order valence-corrected chi connectivity index (χ2v) is 6.99. The quantitative estimate of drug-likeness (QED) is 0.682. The summed E-state index contributed by atoms with van der Waals surface area (Å²) < 4.78 is 1.33. The number of benzene rings is 1. The summed E-state index contributed by atoms with van der Waals surface area (Å²) >= 11 is 2.37. The molecule has 2 fully saturated rings. The van der Waals surface area contributed by atoms with E-state index in [1.165, 1.54) is 60.9 Å². The van der Waals surface area contributed by atoms with Gasteiger partial charge in [-0.05, 0) is 59.7 Å². The van der Waals surface area contributed by atoms with Gasteiger partial charge in [0, 0.05) is 27.8 Å². The van der Waals surface area contributed by atoms with Gasteiger partial charge in [-0.15, -0.1) is 0 Å². The van der Waals surface area contributed by atoms with Crippen LogP contribution < -0.4 is 4.90 Å². The molecule has 1 aliphatic carbocycles. The van der Waals surface area contributed by atoms with Crippen LogP contribution in [0, 0.1) is 8.99 Å². The van der Waals surface area contributed by atoms with E-state index in [-0.39, 0.29) is 0 Å². The van der Waals surface area contributed by atoms with E-state index in [0.29, 0.717) is 5.41 Å². The number of hydrogen-bond acceptors (Lipinski definition) is 1. The maximum Gasteiger partial charge on any atom is 0.0367 e. The summed E-state index contributed by atoms with van der Waals surface area (Å²) in [7, 11) is 0. The maximum atomic E-state index is 2.56. The number of rotatable bonds is 1. The molecule has 1 aromatic rings. The minimum Gasteiger partial charge on any atom is -0.370 e. The van der Waals surface area contributed by atoms with Crippen molar-refractivity contribution in [1.29, 1.82) is 0 Å². The van der Waals surface area contributed by atoms with Crippen molar-refractivity contribution >= 4 is 28.3 Å². The first-order valence-corrected chi connectivity index (χ1v) is 7.86. The summed E-state index contributed by atoms with van der Waals surface area (Å²) in [6, 6.07) is 8.97. The number of nitrogens with zero attached hydrogens (tertiary/aromatic N) is 1. The monoisotopic (exact) mass is 341 g/mol. The summed E-state index contributed by atoms with van der Waals surface area (Å²) in [6.45, 7) is 2.60. The van der Waals surface area contributed by atoms with Crippen LogP contribution in [0.3, 0.4) is 0 Å². The molecule has 0 N–H and O–H groups in total. The van der Waals surface area contributed by atoms with Crippen molar-refractivity contribution in [3.63, 3.8) is 0 Å². The molecule has 2 heteroatoms. The van der Waals surface area contributed by atoms with Gasteiger partial charge in [-0.1, -0.05) is 25.7 Å². The Morgan fingerprint density at radius 1 is 0.882 bits per heavy atom. The van der Waals surface area contributed by atoms with Crippen LogP contribution in [-0.2, 0) is 0 Å². The molecule has 1 aliphatic heterocycles. The van der Waals surface area contributed by atoms with Crippen LogP contribution in [0.25, 0.3) is 0 Å². The van der Waals surface area contributed by atoms with E-state index in [1.807, 2.05) is 0 Å². The molecule has 92 valence electrons. The Labute approximate surface area is 118 Å². The molecule has 1 aromatic carbocycles. The lowest BCUT2D eigenvalue weighted by molar-refractivity contribution is 0.180. The smallest absolute Gasteiger partial charge is 0.0367 e. The van der Waals surface area contributed by atoms with Gasteiger partial charge in [-0.25, -0.2) is 0 Å². The molecule has 1 heterocycles. The summed E-state index contributed by atoms with van der Waals surface area (Å²) in [4.78, 5) is 2.56. The van der Waals surface area contributed by atoms with E-state index in [2.05, 4.69) is 51.8 Å². The minimum absolute atomic E-state index is 0.680. The lowest BCUT2D eigenvalue weighted by atomic mass is 9.73. The van der Waals surface area contributed by atoms with Crippen molar-refractivity contribution in [2.24, 2.45) is 5.41 Å². The second kappa shape index (κ2) is 4.79. The van der Waals surface area contributed by atoms with E-state index < -0.39 is 0 Å². The zero-order chi connectivity index (χ0) is 11.7. The van der Waals surface area contributed by atoms with Crippen molar-refractivity contribution in [3.8, 4) is 0 Å². The van der Waals surface area contributed by atoms with E-state index in [9.17, 15) is 0 Å². The molecular formula is C15H20IN. The molecule has 1 spiro atoms. The van der Waals surface area contributed by atoms with Crippen molar-refractivity contribution in [1.82, 2.24) is 0 Å². The van der Waals surface area contributed by atoms with Crippen LogP contribution in [0.2, 0.25) is 0 Å². The highest BCUT2D eigenvalue weighted by Gasteiger charge is 2.42. The van der Waals surface area contributed by atoms with Gasteiger partial charge in [-0.2, -0.15) is 0 Å². The fourth-order valence-corrected chi connectivity index (χ4v) is 3.75. The molecule has 17 heavy (non-hydrogen) atoms. The van der Waals surface area contributed by atoms with Crippen LogP contribution in [0.15, 0.2) is 24.3 Å². The summed E-state index contributed by atoms with van der Waals surface area (Å²) in [6.07, 6.45) is 8.78. The van der Waals surface area contributed by atoms with E-state index in [1.54, 1.807) is 0 Å². The zero-order valence-electron chi connectivity index (χ0n) is 10.3. The maximum absolute atomic E-state index is 2.56. The van der Waals surface area contributed by atoms with Gasteiger partial charge in [0.15, 0.2) is 0 Å². The first kappa shape index (κ1) is 11.8. The molecule has 2 aliphatic rings. The zero-order valence-corrected chi connectivity index (χ0v) is 12.4. The Bertz CT molecular complexity index is 368. The number of hydrogen-bond donors (Lipinski definition) is 0. The largest absolute Gasteiger partial charge is 0.370 e. The first-order chi connectivity index (χ1) is 8.27. The van der Waals surface area contributed by atoms with Gasteiger partial charge < -0.3 is 4.90 Å². The molecule has 1 nitrogen and oxygen atoms in total. The van der Waals surface area contributed by atoms with Crippen molar-refractivity contribution in [2.75, 3.05) is 18.0 Å². The highest BCUT2D eigenvalue weighted by Crippen LogP contribution is 2.44. The van der Waals surface area contributed by atoms with Crippen LogP contribution >= 0.6 is 22.6 Å². The van der Waals surface area contributed by atoms with Crippen molar-refractivity contribution < 1.29 is 0 Å². The third-order valence-corrected chi connectivity index (χ3v) is 5.13. The van der Waals surface area contributed by atoms with Crippen LogP contribution in [-0.4, -0.2) is 13.1 Å². The van der Waals surface area contributed by atoms with Crippen molar-refractivity contribution in [3.05, 3.63) is 27.8 Å². The Kier molecular flexibility index (Phi) is 3.33. The predicted octanol–water partition coefficient (Wildman–Crippen LogP) is 4.45. The summed E-state index contributed by atoms with van der Waals surface area (Å²) in [5, 5.41) is 0. The SMILES string of the molecule is Ic1ccc(N2CC3(CCCCCC3)C2)cc1. The predicted molar refractivity (Wildman–Crippen MR) is 81.5 cm³/mol. The Morgan fingerprint density at radius 3 is 2.06 bits per heavy atom. The van der Waals surface area contributed by atoms with E-state index in [0.717, 1.165) is 0 Å². The molecule has 0 radical (unpaired) electrons. The average molecular weight is 341 g/mol. The van der Waals surface area contributed by atoms with Crippen LogP contribution in [0.1, 0.15) is 38.5 Å². The highest BCUT2D eigenvalue weighted by atomic mass is 127. The van der Waals surface area contributed by atoms with Gasteiger partial charge in [0.2, 0.25) is 0 Å². The molecule has 0 aromatic heterocycles. The summed E-state index contributed by atoms with van der Waals surface area (Å²) in [5.74, 6) is 0. The Hall–Kier alpha value is -0.250. The van der Waals surface area contributed by atoms with Gasteiger partial charge in [-0.3, -0.25) is 0 Å². The van der Waals surface area contributed by atoms with E-state index >= 15 is 0 Å². The number of halogens is 1. The molecular weight excluding hydrogens is 321 g/mol. The molecule has 0 bridgehead atoms. The fraction of sp³-hybridized carbons (Fsp3) is 0.600. The summed E-state index contributed by atoms with van der Waals surface area (Å²) in [5.41, 5.74) is 2.10. The van der Waals surface area contributed by atoms with Gasteiger partial charge in [0.25, 0.3) is 0 Å². The van der Waals surface area contributed by atoms with Gasteiger partial charge in [0.1, 0.15) is 0 Å². The normalized spacial score (nSPS) is 23.2. The Morgan fingerprint density at radius 2 is 1.47 bits per heavy atom. The van der Waals surface area contributed by atoms with E-state index in [4.69, 9.17) is 0 Å². The number of anilines is 1. The molecule has 1 saturated heterocycles. The highest BCUT2D eigenvalue weighted by molar-refractivity contribution is 14.1. The van der Waals surface area contributed by atoms with Crippen LogP contribution in [0.5, 0.6) is 0 Å². The molecule has 0 amide bonds.